The van der Waals surface area contributed by atoms with Gasteiger partial charge in [0.1, 0.15) is 17.6 Å². The van der Waals surface area contributed by atoms with Crippen LogP contribution < -0.4 is 20.1 Å². The van der Waals surface area contributed by atoms with Crippen LogP contribution in [0, 0.1) is 0 Å². The van der Waals surface area contributed by atoms with Crippen LogP contribution in [-0.4, -0.2) is 46.1 Å². The number of hydrogen-bond donors (Lipinski definition) is 3. The number of hydrogen-bond acceptors (Lipinski definition) is 7. The van der Waals surface area contributed by atoms with Gasteiger partial charge in [-0.1, -0.05) is 36.4 Å². The van der Waals surface area contributed by atoms with E-state index in [1.807, 2.05) is 79.4 Å². The molecule has 3 aromatic carbocycles. The number of pyridine rings is 1. The molecule has 1 aromatic heterocycles. The van der Waals surface area contributed by atoms with Gasteiger partial charge in [-0.15, -0.1) is 0 Å². The molecule has 4 aromatic rings. The molecule has 0 spiro atoms. The predicted octanol–water partition coefficient (Wildman–Crippen LogP) is 5.77. The van der Waals surface area contributed by atoms with Crippen molar-refractivity contribution in [2.24, 2.45) is 0 Å². The Morgan fingerprint density at radius 3 is 2.44 bits per heavy atom. The Kier molecular flexibility index (Phi) is 9.13. The first-order chi connectivity index (χ1) is 20.0. The number of ether oxygens (including phenoxy) is 2. The van der Waals surface area contributed by atoms with Crippen molar-refractivity contribution >= 4 is 11.6 Å². The molecule has 0 radical (unpaired) electrons. The second-order valence-electron chi connectivity index (χ2n) is 10.3. The van der Waals surface area contributed by atoms with E-state index in [1.54, 1.807) is 36.7 Å². The maximum absolute atomic E-state index is 13.5. The van der Waals surface area contributed by atoms with Gasteiger partial charge in [-0.05, 0) is 67.9 Å². The van der Waals surface area contributed by atoms with Crippen LogP contribution in [0.25, 0.3) is 0 Å². The molecule has 2 heterocycles. The lowest BCUT2D eigenvalue weighted by atomic mass is 10.1. The van der Waals surface area contributed by atoms with Gasteiger partial charge in [-0.2, -0.15) is 0 Å². The molecule has 1 aliphatic rings. The van der Waals surface area contributed by atoms with Gasteiger partial charge in [0.05, 0.1) is 11.3 Å². The molecule has 8 nitrogen and oxygen atoms in total. The quantitative estimate of drug-likeness (QED) is 0.215. The molecular weight excluding hydrogens is 516 g/mol. The van der Waals surface area contributed by atoms with E-state index < -0.39 is 6.23 Å². The number of rotatable bonds is 10. The molecule has 0 bridgehead atoms. The Balaban J connectivity index is 1.28. The Morgan fingerprint density at radius 1 is 0.976 bits per heavy atom. The van der Waals surface area contributed by atoms with Crippen molar-refractivity contribution in [1.82, 2.24) is 15.2 Å². The van der Waals surface area contributed by atoms with E-state index in [0.717, 1.165) is 17.1 Å². The van der Waals surface area contributed by atoms with Crippen molar-refractivity contribution in [3.05, 3.63) is 114 Å². The maximum atomic E-state index is 13.5. The minimum atomic E-state index is -0.986. The molecule has 0 saturated carbocycles. The van der Waals surface area contributed by atoms with Crippen molar-refractivity contribution in [1.29, 1.82) is 0 Å². The van der Waals surface area contributed by atoms with Crippen LogP contribution >= 0.6 is 0 Å². The summed E-state index contributed by atoms with van der Waals surface area (Å²) < 4.78 is 12.4. The summed E-state index contributed by atoms with van der Waals surface area (Å²) in [6, 6.07) is 26.7. The highest BCUT2D eigenvalue weighted by molar-refractivity contribution is 5.99. The Morgan fingerprint density at radius 2 is 1.71 bits per heavy atom. The van der Waals surface area contributed by atoms with Gasteiger partial charge in [0.25, 0.3) is 5.91 Å². The summed E-state index contributed by atoms with van der Waals surface area (Å²) in [4.78, 5) is 19.4. The normalized spacial score (nSPS) is 15.9. The maximum Gasteiger partial charge on any atom is 0.257 e. The SMILES string of the molecule is CC(C)N1CC[C@H](CNCc2ccc(Oc3ccccc3)cc2)Oc2c(NC(O)c3ccncc3)cccc2C1=O. The van der Waals surface area contributed by atoms with Crippen LogP contribution in [0.2, 0.25) is 0 Å². The highest BCUT2D eigenvalue weighted by atomic mass is 16.5. The second-order valence-corrected chi connectivity index (χ2v) is 10.3. The fourth-order valence-electron chi connectivity index (χ4n) is 4.80. The first kappa shape index (κ1) is 28.1. The average Bonchev–Trinajstić information content (AvgIpc) is 2.98. The molecule has 0 fully saturated rings. The summed E-state index contributed by atoms with van der Waals surface area (Å²) in [6.07, 6.45) is 2.75. The van der Waals surface area contributed by atoms with Gasteiger partial charge in [0.15, 0.2) is 12.0 Å². The smallest absolute Gasteiger partial charge is 0.257 e. The molecular formula is C33H36N4O4. The van der Waals surface area contributed by atoms with Gasteiger partial charge in [-0.3, -0.25) is 9.78 Å². The van der Waals surface area contributed by atoms with E-state index in [2.05, 4.69) is 15.6 Å². The van der Waals surface area contributed by atoms with Gasteiger partial charge in [-0.25, -0.2) is 0 Å². The molecule has 1 unspecified atom stereocenters. The average molecular weight is 553 g/mol. The number of para-hydroxylation sites is 2. The molecule has 8 heteroatoms. The number of aliphatic hydroxyl groups excluding tert-OH is 1. The number of anilines is 1. The van der Waals surface area contributed by atoms with Crippen LogP contribution in [-0.2, 0) is 6.54 Å². The van der Waals surface area contributed by atoms with E-state index in [1.165, 1.54) is 0 Å². The van der Waals surface area contributed by atoms with Gasteiger partial charge in [0.2, 0.25) is 0 Å². The Hall–Kier alpha value is -4.40. The summed E-state index contributed by atoms with van der Waals surface area (Å²) in [5.74, 6) is 1.95. The zero-order chi connectivity index (χ0) is 28.6. The number of amides is 1. The standard InChI is InChI=1S/C33H36N4O4/c1-23(2)37-20-17-28(22-35-21-24-11-13-27(14-12-24)40-26-7-4-3-5-8-26)41-31-29(33(37)39)9-6-10-30(31)36-32(38)25-15-18-34-19-16-25/h3-16,18-19,23,28,32,35-36,38H,17,20-22H2,1-2H3/t28-,32?/m1/s1. The van der Waals surface area contributed by atoms with Crippen molar-refractivity contribution in [2.75, 3.05) is 18.4 Å². The number of nitrogens with zero attached hydrogens (tertiary/aromatic N) is 2. The third-order valence-corrected chi connectivity index (χ3v) is 7.02. The highest BCUT2D eigenvalue weighted by Crippen LogP contribution is 2.35. The van der Waals surface area contributed by atoms with Crippen molar-refractivity contribution in [3.63, 3.8) is 0 Å². The second kappa shape index (κ2) is 13.3. The third kappa shape index (κ3) is 7.22. The lowest BCUT2D eigenvalue weighted by Gasteiger charge is -2.34. The zero-order valence-corrected chi connectivity index (χ0v) is 23.4. The van der Waals surface area contributed by atoms with E-state index >= 15 is 0 Å². The summed E-state index contributed by atoms with van der Waals surface area (Å²) in [7, 11) is 0. The van der Waals surface area contributed by atoms with Crippen molar-refractivity contribution < 1.29 is 19.4 Å². The van der Waals surface area contributed by atoms with Crippen LogP contribution in [0.15, 0.2) is 97.3 Å². The Bertz CT molecular complexity index is 1410. The summed E-state index contributed by atoms with van der Waals surface area (Å²) in [6.45, 7) is 5.88. The van der Waals surface area contributed by atoms with E-state index in [9.17, 15) is 9.90 Å². The predicted molar refractivity (Wildman–Crippen MR) is 159 cm³/mol. The van der Waals surface area contributed by atoms with Crippen LogP contribution in [0.4, 0.5) is 5.69 Å². The lowest BCUT2D eigenvalue weighted by Crippen LogP contribution is -2.43. The molecule has 41 heavy (non-hydrogen) atoms. The minimum absolute atomic E-state index is 0.0395. The molecule has 1 amide bonds. The first-order valence-electron chi connectivity index (χ1n) is 14.0. The number of nitrogens with one attached hydrogen (secondary N) is 2. The number of aromatic nitrogens is 1. The number of carbonyl (C=O) groups excluding carboxylic acids is 1. The van der Waals surface area contributed by atoms with E-state index in [4.69, 9.17) is 9.47 Å². The number of aliphatic hydroxyl groups is 1. The largest absolute Gasteiger partial charge is 0.486 e. The highest BCUT2D eigenvalue weighted by Gasteiger charge is 2.29. The van der Waals surface area contributed by atoms with Crippen molar-refractivity contribution in [3.8, 4) is 17.2 Å². The van der Waals surface area contributed by atoms with Crippen molar-refractivity contribution in [2.45, 2.75) is 45.2 Å². The first-order valence-corrected chi connectivity index (χ1v) is 14.0. The molecule has 0 aliphatic carbocycles. The summed E-state index contributed by atoms with van der Waals surface area (Å²) >= 11 is 0. The fraction of sp³-hybridized carbons (Fsp3) is 0.273. The molecule has 0 saturated heterocycles. The minimum Gasteiger partial charge on any atom is -0.486 e. The Labute approximate surface area is 241 Å². The van der Waals surface area contributed by atoms with Gasteiger partial charge >= 0.3 is 0 Å². The van der Waals surface area contributed by atoms with Gasteiger partial charge < -0.3 is 30.1 Å². The van der Waals surface area contributed by atoms with Crippen LogP contribution in [0.5, 0.6) is 17.2 Å². The summed E-state index contributed by atoms with van der Waals surface area (Å²) in [5, 5.41) is 17.5. The number of fused-ring (bicyclic) bond motifs is 1. The lowest BCUT2D eigenvalue weighted by molar-refractivity contribution is 0.0628. The molecule has 1 aliphatic heterocycles. The van der Waals surface area contributed by atoms with Crippen LogP contribution in [0.1, 0.15) is 48.0 Å². The molecule has 2 atom stereocenters. The topological polar surface area (TPSA) is 96.0 Å². The van der Waals surface area contributed by atoms with E-state index in [-0.39, 0.29) is 18.1 Å². The monoisotopic (exact) mass is 552 g/mol. The molecule has 212 valence electrons. The number of carbonyl (C=O) groups is 1. The summed E-state index contributed by atoms with van der Waals surface area (Å²) in [5.41, 5.74) is 2.82. The molecule has 5 rings (SSSR count). The van der Waals surface area contributed by atoms with E-state index in [0.29, 0.717) is 48.6 Å². The number of benzene rings is 3. The van der Waals surface area contributed by atoms with Gasteiger partial charge in [0, 0.05) is 50.1 Å². The zero-order valence-electron chi connectivity index (χ0n) is 23.4. The fourth-order valence-corrected chi connectivity index (χ4v) is 4.80. The molecule has 3 N–H and O–H groups in total. The third-order valence-electron chi connectivity index (χ3n) is 7.02. The van der Waals surface area contributed by atoms with Crippen LogP contribution in [0.3, 0.4) is 0 Å².